The summed E-state index contributed by atoms with van der Waals surface area (Å²) in [6.07, 6.45) is 1.79. The zero-order valence-corrected chi connectivity index (χ0v) is 10.3. The van der Waals surface area contributed by atoms with Crippen molar-refractivity contribution in [2.24, 2.45) is 5.92 Å². The number of nitrogens with zero attached hydrogens (tertiary/aromatic N) is 1. The third-order valence-corrected chi connectivity index (χ3v) is 3.86. The second-order valence-corrected chi connectivity index (χ2v) is 5.35. The highest BCUT2D eigenvalue weighted by Crippen LogP contribution is 2.36. The van der Waals surface area contributed by atoms with Gasteiger partial charge in [-0.15, -0.1) is 0 Å². The summed E-state index contributed by atoms with van der Waals surface area (Å²) in [4.78, 5) is 23.9. The van der Waals surface area contributed by atoms with Crippen molar-refractivity contribution in [3.63, 3.8) is 0 Å². The van der Waals surface area contributed by atoms with Crippen LogP contribution in [-0.4, -0.2) is 40.3 Å². The highest BCUT2D eigenvalue weighted by atomic mass is 16.5. The molecule has 1 amide bonds. The number of carbonyl (C=O) groups is 2. The maximum atomic E-state index is 11.3. The molecule has 1 atom stereocenters. The van der Waals surface area contributed by atoms with Gasteiger partial charge in [-0.25, -0.2) is 4.79 Å². The summed E-state index contributed by atoms with van der Waals surface area (Å²) in [7, 11) is 0. The number of hydrogen-bond donors (Lipinski definition) is 1. The lowest BCUT2D eigenvalue weighted by atomic mass is 9.83. The summed E-state index contributed by atoms with van der Waals surface area (Å²) in [6, 6.07) is -0.101. The molecule has 2 aliphatic rings. The predicted molar refractivity (Wildman–Crippen MR) is 60.6 cm³/mol. The monoisotopic (exact) mass is 241 g/mol. The number of Topliss-reactive ketones (excluding diaryl/α,β-unsaturated/α-hetero) is 1. The van der Waals surface area contributed by atoms with Gasteiger partial charge in [-0.1, -0.05) is 0 Å². The van der Waals surface area contributed by atoms with Crippen LogP contribution in [0.4, 0.5) is 4.79 Å². The molecule has 1 heterocycles. The SMILES string of the molecule is CC1(C)OC[C@H](C2CCC(=O)CC2)N1C(=O)O. The van der Waals surface area contributed by atoms with E-state index in [1.165, 1.54) is 4.90 Å². The number of ether oxygens (including phenoxy) is 1. The van der Waals surface area contributed by atoms with Gasteiger partial charge in [0.15, 0.2) is 0 Å². The molecule has 2 rings (SSSR count). The standard InChI is InChI=1S/C12H19NO4/c1-12(2)13(11(15)16)10(7-17-12)8-3-5-9(14)6-4-8/h8,10H,3-7H2,1-2H3,(H,15,16)/t10-/m1/s1. The van der Waals surface area contributed by atoms with E-state index in [9.17, 15) is 14.7 Å². The first-order valence-corrected chi connectivity index (χ1v) is 6.10. The third-order valence-electron chi connectivity index (χ3n) is 3.86. The van der Waals surface area contributed by atoms with Crippen molar-refractivity contribution >= 4 is 11.9 Å². The number of carboxylic acid groups (broad SMARTS) is 1. The van der Waals surface area contributed by atoms with Crippen LogP contribution in [0.3, 0.4) is 0 Å². The number of amides is 1. The summed E-state index contributed by atoms with van der Waals surface area (Å²) >= 11 is 0. The molecule has 5 heteroatoms. The van der Waals surface area contributed by atoms with Crippen molar-refractivity contribution in [1.82, 2.24) is 4.90 Å². The Kier molecular flexibility index (Phi) is 3.12. The smallest absolute Gasteiger partial charge is 0.409 e. The number of carbonyl (C=O) groups excluding carboxylic acids is 1. The van der Waals surface area contributed by atoms with Gasteiger partial charge in [0.25, 0.3) is 0 Å². The van der Waals surface area contributed by atoms with Gasteiger partial charge in [-0.05, 0) is 32.6 Å². The first-order valence-electron chi connectivity index (χ1n) is 6.10. The van der Waals surface area contributed by atoms with Crippen LogP contribution in [0, 0.1) is 5.92 Å². The van der Waals surface area contributed by atoms with Crippen LogP contribution in [0.25, 0.3) is 0 Å². The van der Waals surface area contributed by atoms with Gasteiger partial charge in [0.2, 0.25) is 0 Å². The number of ketones is 1. The normalized spacial score (nSPS) is 29.6. The molecule has 1 N–H and O–H groups in total. The summed E-state index contributed by atoms with van der Waals surface area (Å²) in [6.45, 7) is 3.99. The van der Waals surface area contributed by atoms with Crippen molar-refractivity contribution in [1.29, 1.82) is 0 Å². The Morgan fingerprint density at radius 3 is 2.53 bits per heavy atom. The molecule has 5 nitrogen and oxygen atoms in total. The first-order chi connectivity index (χ1) is 7.92. The molecular weight excluding hydrogens is 222 g/mol. The van der Waals surface area contributed by atoms with Gasteiger partial charge in [0.1, 0.15) is 11.5 Å². The molecule has 0 aromatic heterocycles. The van der Waals surface area contributed by atoms with E-state index in [2.05, 4.69) is 0 Å². The van der Waals surface area contributed by atoms with Gasteiger partial charge in [-0.3, -0.25) is 9.69 Å². The average Bonchev–Trinajstić information content (AvgIpc) is 2.55. The maximum absolute atomic E-state index is 11.3. The van der Waals surface area contributed by atoms with Crippen LogP contribution in [0.5, 0.6) is 0 Å². The molecule has 1 saturated carbocycles. The lowest BCUT2D eigenvalue weighted by Crippen LogP contribution is -2.50. The Labute approximate surface area is 101 Å². The lowest BCUT2D eigenvalue weighted by molar-refractivity contribution is -0.121. The molecule has 1 aliphatic carbocycles. The Morgan fingerprint density at radius 2 is 2.00 bits per heavy atom. The van der Waals surface area contributed by atoms with Crippen molar-refractivity contribution in [3.8, 4) is 0 Å². The number of rotatable bonds is 1. The molecule has 0 radical (unpaired) electrons. The van der Waals surface area contributed by atoms with E-state index in [-0.39, 0.29) is 12.0 Å². The van der Waals surface area contributed by atoms with Gasteiger partial charge >= 0.3 is 6.09 Å². The first kappa shape index (κ1) is 12.4. The minimum absolute atomic E-state index is 0.101. The van der Waals surface area contributed by atoms with E-state index in [0.29, 0.717) is 25.2 Å². The fourth-order valence-corrected chi connectivity index (χ4v) is 2.90. The second-order valence-electron chi connectivity index (χ2n) is 5.35. The number of hydrogen-bond acceptors (Lipinski definition) is 3. The fourth-order valence-electron chi connectivity index (χ4n) is 2.90. The largest absolute Gasteiger partial charge is 0.465 e. The topological polar surface area (TPSA) is 66.8 Å². The van der Waals surface area contributed by atoms with Crippen LogP contribution in [0.2, 0.25) is 0 Å². The second kappa shape index (κ2) is 4.29. The van der Waals surface area contributed by atoms with E-state index in [4.69, 9.17) is 4.74 Å². The average molecular weight is 241 g/mol. The van der Waals surface area contributed by atoms with Crippen molar-refractivity contribution in [2.75, 3.05) is 6.61 Å². The van der Waals surface area contributed by atoms with Gasteiger partial charge in [0, 0.05) is 12.8 Å². The molecule has 0 unspecified atom stereocenters. The Morgan fingerprint density at radius 1 is 1.41 bits per heavy atom. The van der Waals surface area contributed by atoms with Crippen LogP contribution in [0.15, 0.2) is 0 Å². The zero-order chi connectivity index (χ0) is 12.6. The summed E-state index contributed by atoms with van der Waals surface area (Å²) in [5, 5.41) is 9.28. The van der Waals surface area contributed by atoms with Crippen molar-refractivity contribution < 1.29 is 19.4 Å². The fraction of sp³-hybridized carbons (Fsp3) is 0.833. The quantitative estimate of drug-likeness (QED) is 0.761. The Bertz CT molecular complexity index is 329. The highest BCUT2D eigenvalue weighted by Gasteiger charge is 2.47. The van der Waals surface area contributed by atoms with Crippen molar-refractivity contribution in [2.45, 2.75) is 51.3 Å². The summed E-state index contributed by atoms with van der Waals surface area (Å²) in [5.41, 5.74) is -0.752. The molecule has 17 heavy (non-hydrogen) atoms. The molecule has 0 aromatic carbocycles. The van der Waals surface area contributed by atoms with E-state index < -0.39 is 11.8 Å². The van der Waals surface area contributed by atoms with E-state index in [1.807, 2.05) is 0 Å². The molecule has 0 spiro atoms. The molecular formula is C12H19NO4. The molecule has 1 aliphatic heterocycles. The molecule has 0 bridgehead atoms. The van der Waals surface area contributed by atoms with Gasteiger partial charge < -0.3 is 9.84 Å². The minimum atomic E-state index is -0.936. The van der Waals surface area contributed by atoms with E-state index >= 15 is 0 Å². The van der Waals surface area contributed by atoms with Gasteiger partial charge in [-0.2, -0.15) is 0 Å². The summed E-state index contributed by atoms with van der Waals surface area (Å²) < 4.78 is 5.57. The zero-order valence-electron chi connectivity index (χ0n) is 10.3. The highest BCUT2D eigenvalue weighted by molar-refractivity contribution is 5.79. The molecule has 1 saturated heterocycles. The summed E-state index contributed by atoms with van der Waals surface area (Å²) in [5.74, 6) is 0.548. The van der Waals surface area contributed by atoms with E-state index in [1.54, 1.807) is 13.8 Å². The minimum Gasteiger partial charge on any atom is -0.465 e. The van der Waals surface area contributed by atoms with Crippen LogP contribution in [0.1, 0.15) is 39.5 Å². The Balaban J connectivity index is 2.10. The Hall–Kier alpha value is -1.10. The predicted octanol–water partition coefficient (Wildman–Crippen LogP) is 1.86. The molecule has 0 aromatic rings. The lowest BCUT2D eigenvalue weighted by Gasteiger charge is -2.35. The van der Waals surface area contributed by atoms with Crippen LogP contribution < -0.4 is 0 Å². The van der Waals surface area contributed by atoms with Crippen molar-refractivity contribution in [3.05, 3.63) is 0 Å². The maximum Gasteiger partial charge on any atom is 0.409 e. The van der Waals surface area contributed by atoms with Crippen LogP contribution >= 0.6 is 0 Å². The van der Waals surface area contributed by atoms with Gasteiger partial charge in [0.05, 0.1) is 12.6 Å². The third kappa shape index (κ3) is 2.29. The van der Waals surface area contributed by atoms with E-state index in [0.717, 1.165) is 12.8 Å². The van der Waals surface area contributed by atoms with Crippen LogP contribution in [-0.2, 0) is 9.53 Å². The molecule has 96 valence electrons. The molecule has 2 fully saturated rings.